The van der Waals surface area contributed by atoms with Crippen molar-refractivity contribution in [1.82, 2.24) is 9.78 Å². The molecule has 0 unspecified atom stereocenters. The van der Waals surface area contributed by atoms with Crippen molar-refractivity contribution < 1.29 is 5.11 Å². The number of aryl methyl sites for hydroxylation is 1. The summed E-state index contributed by atoms with van der Waals surface area (Å²) in [6.45, 7) is 1.99. The summed E-state index contributed by atoms with van der Waals surface area (Å²) in [4.78, 5) is 11.9. The van der Waals surface area contributed by atoms with Crippen LogP contribution in [-0.2, 0) is 6.42 Å². The molecule has 0 bridgehead atoms. The monoisotopic (exact) mass is 218 g/mol. The summed E-state index contributed by atoms with van der Waals surface area (Å²) in [6, 6.07) is 7.68. The molecule has 1 aromatic carbocycles. The Labute approximate surface area is 93.1 Å². The molecular formula is C12H14N2O2. The lowest BCUT2D eigenvalue weighted by atomic mass is 10.2. The lowest BCUT2D eigenvalue weighted by molar-refractivity contribution is 0.299. The van der Waals surface area contributed by atoms with Crippen LogP contribution in [-0.4, -0.2) is 21.5 Å². The van der Waals surface area contributed by atoms with Crippen LogP contribution in [0.15, 0.2) is 35.3 Å². The molecule has 4 nitrogen and oxygen atoms in total. The fourth-order valence-electron chi connectivity index (χ4n) is 1.59. The Bertz CT molecular complexity index is 523. The first kappa shape index (κ1) is 10.7. The zero-order valence-corrected chi connectivity index (χ0v) is 9.10. The van der Waals surface area contributed by atoms with Gasteiger partial charge in [0.05, 0.1) is 5.69 Å². The van der Waals surface area contributed by atoms with Crippen LogP contribution >= 0.6 is 0 Å². The van der Waals surface area contributed by atoms with E-state index < -0.39 is 0 Å². The van der Waals surface area contributed by atoms with Crippen molar-refractivity contribution in [3.05, 3.63) is 51.9 Å². The lowest BCUT2D eigenvalue weighted by Crippen LogP contribution is -2.17. The molecule has 0 spiro atoms. The van der Waals surface area contributed by atoms with Gasteiger partial charge in [0.2, 0.25) is 0 Å². The number of nitrogens with one attached hydrogen (secondary N) is 1. The lowest BCUT2D eigenvalue weighted by Gasteiger charge is -2.01. The number of hydrogen-bond acceptors (Lipinski definition) is 2. The van der Waals surface area contributed by atoms with E-state index in [4.69, 9.17) is 5.11 Å². The largest absolute Gasteiger partial charge is 0.396 e. The maximum Gasteiger partial charge on any atom is 0.274 e. The Morgan fingerprint density at radius 2 is 2.00 bits per heavy atom. The molecule has 0 radical (unpaired) electrons. The van der Waals surface area contributed by atoms with E-state index in [-0.39, 0.29) is 12.2 Å². The van der Waals surface area contributed by atoms with Crippen LogP contribution in [0.3, 0.4) is 0 Å². The van der Waals surface area contributed by atoms with Crippen molar-refractivity contribution in [1.29, 1.82) is 0 Å². The van der Waals surface area contributed by atoms with Crippen molar-refractivity contribution in [3.63, 3.8) is 0 Å². The third-order valence-electron chi connectivity index (χ3n) is 2.52. The van der Waals surface area contributed by atoms with Crippen molar-refractivity contribution >= 4 is 0 Å². The fraction of sp³-hybridized carbons (Fsp3) is 0.250. The Morgan fingerprint density at radius 3 is 2.62 bits per heavy atom. The van der Waals surface area contributed by atoms with E-state index in [1.165, 1.54) is 4.68 Å². The smallest absolute Gasteiger partial charge is 0.274 e. The van der Waals surface area contributed by atoms with Crippen molar-refractivity contribution in [2.45, 2.75) is 13.3 Å². The molecule has 0 aliphatic rings. The first-order chi connectivity index (χ1) is 7.72. The summed E-state index contributed by atoms with van der Waals surface area (Å²) in [5, 5.41) is 11.7. The van der Waals surface area contributed by atoms with E-state index in [0.717, 1.165) is 11.3 Å². The van der Waals surface area contributed by atoms with Gasteiger partial charge >= 0.3 is 0 Å². The van der Waals surface area contributed by atoms with Gasteiger partial charge in [0.25, 0.3) is 5.56 Å². The summed E-state index contributed by atoms with van der Waals surface area (Å²) in [6.07, 6.45) is 2.02. The van der Waals surface area contributed by atoms with Crippen LogP contribution in [0.4, 0.5) is 0 Å². The SMILES string of the molecule is Cc1ccc(-n2[nH]cc(CCO)c2=O)cc1. The van der Waals surface area contributed by atoms with Gasteiger partial charge < -0.3 is 5.11 Å². The minimum absolute atomic E-state index is 0.0129. The van der Waals surface area contributed by atoms with Crippen molar-refractivity contribution in [2.24, 2.45) is 0 Å². The standard InChI is InChI=1S/C12H14N2O2/c1-9-2-4-11(5-3-9)14-12(16)10(6-7-15)8-13-14/h2-5,8,13,15H,6-7H2,1H3. The van der Waals surface area contributed by atoms with E-state index in [1.54, 1.807) is 6.20 Å². The average molecular weight is 218 g/mol. The topological polar surface area (TPSA) is 58.0 Å². The van der Waals surface area contributed by atoms with E-state index in [9.17, 15) is 4.79 Å². The molecule has 2 N–H and O–H groups in total. The van der Waals surface area contributed by atoms with E-state index in [2.05, 4.69) is 5.10 Å². The van der Waals surface area contributed by atoms with Gasteiger partial charge in [0.15, 0.2) is 0 Å². The number of aromatic amines is 1. The van der Waals surface area contributed by atoms with Gasteiger partial charge in [-0.3, -0.25) is 9.89 Å². The summed E-state index contributed by atoms with van der Waals surface area (Å²) in [5.74, 6) is 0. The molecule has 1 aromatic heterocycles. The maximum atomic E-state index is 11.9. The molecule has 2 aromatic rings. The number of aliphatic hydroxyl groups excluding tert-OH is 1. The van der Waals surface area contributed by atoms with Crippen LogP contribution in [0, 0.1) is 6.92 Å². The normalized spacial score (nSPS) is 10.6. The second-order valence-electron chi connectivity index (χ2n) is 3.75. The molecular weight excluding hydrogens is 204 g/mol. The molecule has 16 heavy (non-hydrogen) atoms. The second kappa shape index (κ2) is 4.37. The van der Waals surface area contributed by atoms with Gasteiger partial charge in [-0.2, -0.15) is 0 Å². The van der Waals surface area contributed by atoms with Gasteiger partial charge in [0, 0.05) is 24.8 Å². The number of aliphatic hydroxyl groups is 1. The van der Waals surface area contributed by atoms with Crippen LogP contribution in [0.5, 0.6) is 0 Å². The zero-order chi connectivity index (χ0) is 11.5. The Kier molecular flexibility index (Phi) is 2.92. The first-order valence-corrected chi connectivity index (χ1v) is 5.19. The molecule has 2 rings (SSSR count). The third-order valence-corrected chi connectivity index (χ3v) is 2.52. The highest BCUT2D eigenvalue weighted by molar-refractivity contribution is 5.34. The summed E-state index contributed by atoms with van der Waals surface area (Å²) < 4.78 is 1.48. The van der Waals surface area contributed by atoms with Gasteiger partial charge in [-0.15, -0.1) is 0 Å². The predicted octanol–water partition coefficient (Wildman–Crippen LogP) is 1.01. The van der Waals surface area contributed by atoms with E-state index in [1.807, 2.05) is 31.2 Å². The summed E-state index contributed by atoms with van der Waals surface area (Å²) in [7, 11) is 0. The summed E-state index contributed by atoms with van der Waals surface area (Å²) in [5.41, 5.74) is 2.46. The molecule has 4 heteroatoms. The zero-order valence-electron chi connectivity index (χ0n) is 9.10. The Hall–Kier alpha value is -1.81. The highest BCUT2D eigenvalue weighted by atomic mass is 16.3. The van der Waals surface area contributed by atoms with Crippen LogP contribution in [0.2, 0.25) is 0 Å². The van der Waals surface area contributed by atoms with Crippen LogP contribution in [0.1, 0.15) is 11.1 Å². The highest BCUT2D eigenvalue weighted by Gasteiger charge is 2.06. The minimum Gasteiger partial charge on any atom is -0.396 e. The van der Waals surface area contributed by atoms with Gasteiger partial charge in [-0.25, -0.2) is 4.68 Å². The van der Waals surface area contributed by atoms with Crippen molar-refractivity contribution in [3.8, 4) is 5.69 Å². The molecule has 0 atom stereocenters. The number of nitrogens with zero attached hydrogens (tertiary/aromatic N) is 1. The molecule has 0 aliphatic carbocycles. The Morgan fingerprint density at radius 1 is 1.31 bits per heavy atom. The second-order valence-corrected chi connectivity index (χ2v) is 3.75. The maximum absolute atomic E-state index is 11.9. The van der Waals surface area contributed by atoms with Crippen molar-refractivity contribution in [2.75, 3.05) is 6.61 Å². The highest BCUT2D eigenvalue weighted by Crippen LogP contribution is 2.06. The minimum atomic E-state index is -0.0992. The predicted molar refractivity (Wildman–Crippen MR) is 61.9 cm³/mol. The molecule has 0 saturated carbocycles. The Balaban J connectivity index is 2.41. The first-order valence-electron chi connectivity index (χ1n) is 5.19. The summed E-state index contributed by atoms with van der Waals surface area (Å²) >= 11 is 0. The van der Waals surface area contributed by atoms with E-state index >= 15 is 0 Å². The number of benzene rings is 1. The number of hydrogen-bond donors (Lipinski definition) is 2. The molecule has 0 saturated heterocycles. The quantitative estimate of drug-likeness (QED) is 0.807. The molecule has 0 fully saturated rings. The molecule has 0 aliphatic heterocycles. The van der Waals surface area contributed by atoms with Crippen LogP contribution in [0.25, 0.3) is 5.69 Å². The number of H-pyrrole nitrogens is 1. The third kappa shape index (κ3) is 1.92. The van der Waals surface area contributed by atoms with Crippen LogP contribution < -0.4 is 5.56 Å². The van der Waals surface area contributed by atoms with E-state index in [0.29, 0.717) is 12.0 Å². The van der Waals surface area contributed by atoms with Gasteiger partial charge in [-0.05, 0) is 19.1 Å². The average Bonchev–Trinajstić information content (AvgIpc) is 2.63. The van der Waals surface area contributed by atoms with Gasteiger partial charge in [-0.1, -0.05) is 17.7 Å². The number of rotatable bonds is 3. The molecule has 0 amide bonds. The van der Waals surface area contributed by atoms with Gasteiger partial charge in [0.1, 0.15) is 0 Å². The molecule has 1 heterocycles. The fourth-order valence-corrected chi connectivity index (χ4v) is 1.59. The molecule has 84 valence electrons. The number of aromatic nitrogens is 2.